The molecule has 0 radical (unpaired) electrons. The van der Waals surface area contributed by atoms with Crippen LogP contribution < -0.4 is 5.73 Å². The first-order valence-corrected chi connectivity index (χ1v) is 7.67. The summed E-state index contributed by atoms with van der Waals surface area (Å²) in [5.41, 5.74) is 5.63. The van der Waals surface area contributed by atoms with Crippen molar-refractivity contribution in [1.82, 2.24) is 0 Å². The molecule has 0 aliphatic rings. The molecule has 102 valence electrons. The average molecular weight is 265 g/mol. The number of hydrogen-bond acceptors (Lipinski definition) is 5. The monoisotopic (exact) mass is 265 g/mol. The van der Waals surface area contributed by atoms with Crippen LogP contribution in [0.15, 0.2) is 0 Å². The molecule has 5 nitrogen and oxygen atoms in total. The van der Waals surface area contributed by atoms with E-state index in [0.29, 0.717) is 6.61 Å². The molecule has 0 aliphatic carbocycles. The van der Waals surface area contributed by atoms with Crippen LogP contribution in [0, 0.1) is 5.41 Å². The molecule has 0 amide bonds. The molecule has 0 fully saturated rings. The number of hydrogen-bond donors (Lipinski definition) is 1. The molecular formula is C11H23NO4S. The Morgan fingerprint density at radius 1 is 1.35 bits per heavy atom. The lowest BCUT2D eigenvalue weighted by molar-refractivity contribution is -0.145. The van der Waals surface area contributed by atoms with Crippen LogP contribution in [0.3, 0.4) is 0 Å². The first kappa shape index (κ1) is 16.4. The molecule has 6 heteroatoms. The average Bonchev–Trinajstić information content (AvgIpc) is 2.10. The summed E-state index contributed by atoms with van der Waals surface area (Å²) in [5, 5.41) is 0. The van der Waals surface area contributed by atoms with Crippen LogP contribution >= 0.6 is 0 Å². The fourth-order valence-electron chi connectivity index (χ4n) is 1.02. The number of ether oxygens (including phenoxy) is 1. The van der Waals surface area contributed by atoms with Gasteiger partial charge in [-0.2, -0.15) is 0 Å². The predicted octanol–water partition coefficient (Wildman–Crippen LogP) is 0.728. The van der Waals surface area contributed by atoms with Gasteiger partial charge >= 0.3 is 5.97 Å². The Hall–Kier alpha value is -0.620. The normalized spacial score (nSPS) is 14.4. The second-order valence-electron chi connectivity index (χ2n) is 5.50. The SMILES string of the molecule is CC(C)(C)CCOC(=O)C(N)CCS(C)(=O)=O. The van der Waals surface area contributed by atoms with E-state index in [1.54, 1.807) is 0 Å². The summed E-state index contributed by atoms with van der Waals surface area (Å²) < 4.78 is 26.8. The van der Waals surface area contributed by atoms with Crippen molar-refractivity contribution in [2.45, 2.75) is 39.7 Å². The molecular weight excluding hydrogens is 242 g/mol. The zero-order chi connectivity index (χ0) is 13.7. The minimum Gasteiger partial charge on any atom is -0.465 e. The highest BCUT2D eigenvalue weighted by Gasteiger charge is 2.18. The summed E-state index contributed by atoms with van der Waals surface area (Å²) in [6.07, 6.45) is 1.97. The standard InChI is InChI=1S/C11H23NO4S/c1-11(2,3)6-7-16-10(13)9(12)5-8-17(4,14)15/h9H,5-8,12H2,1-4H3. The van der Waals surface area contributed by atoms with Crippen LogP contribution in [-0.4, -0.2) is 39.0 Å². The van der Waals surface area contributed by atoms with Gasteiger partial charge in [0.1, 0.15) is 15.9 Å². The molecule has 0 saturated carbocycles. The van der Waals surface area contributed by atoms with Gasteiger partial charge in [0, 0.05) is 6.26 Å². The van der Waals surface area contributed by atoms with E-state index in [0.717, 1.165) is 12.7 Å². The topological polar surface area (TPSA) is 86.5 Å². The molecule has 0 heterocycles. The van der Waals surface area contributed by atoms with Crippen LogP contribution in [0.2, 0.25) is 0 Å². The van der Waals surface area contributed by atoms with E-state index in [1.165, 1.54) is 0 Å². The highest BCUT2D eigenvalue weighted by molar-refractivity contribution is 7.90. The third-order valence-electron chi connectivity index (χ3n) is 2.20. The Kier molecular flexibility index (Phi) is 6.12. The highest BCUT2D eigenvalue weighted by Crippen LogP contribution is 2.18. The quantitative estimate of drug-likeness (QED) is 0.715. The van der Waals surface area contributed by atoms with Crippen LogP contribution in [0.25, 0.3) is 0 Å². The lowest BCUT2D eigenvalue weighted by atomic mass is 9.93. The third kappa shape index (κ3) is 10.3. The smallest absolute Gasteiger partial charge is 0.322 e. The van der Waals surface area contributed by atoms with Crippen molar-refractivity contribution in [2.24, 2.45) is 11.1 Å². The van der Waals surface area contributed by atoms with Gasteiger partial charge in [0.25, 0.3) is 0 Å². The molecule has 1 unspecified atom stereocenters. The van der Waals surface area contributed by atoms with Gasteiger partial charge in [-0.1, -0.05) is 20.8 Å². The van der Waals surface area contributed by atoms with Gasteiger partial charge in [-0.05, 0) is 18.3 Å². The summed E-state index contributed by atoms with van der Waals surface area (Å²) >= 11 is 0. The molecule has 0 rings (SSSR count). The van der Waals surface area contributed by atoms with Crippen molar-refractivity contribution in [3.8, 4) is 0 Å². The number of nitrogens with two attached hydrogens (primary N) is 1. The van der Waals surface area contributed by atoms with Gasteiger partial charge in [0.05, 0.1) is 12.4 Å². The van der Waals surface area contributed by atoms with E-state index in [1.807, 2.05) is 20.8 Å². The lowest BCUT2D eigenvalue weighted by Gasteiger charge is -2.18. The summed E-state index contributed by atoms with van der Waals surface area (Å²) in [7, 11) is -3.08. The maximum Gasteiger partial charge on any atom is 0.322 e. The molecule has 0 aromatic carbocycles. The van der Waals surface area contributed by atoms with E-state index in [2.05, 4.69) is 0 Å². The summed E-state index contributed by atoms with van der Waals surface area (Å²) in [5.74, 6) is -0.624. The van der Waals surface area contributed by atoms with Gasteiger partial charge < -0.3 is 10.5 Å². The van der Waals surface area contributed by atoms with Crippen molar-refractivity contribution >= 4 is 15.8 Å². The van der Waals surface area contributed by atoms with Gasteiger partial charge in [0.2, 0.25) is 0 Å². The van der Waals surface area contributed by atoms with Crippen LogP contribution in [-0.2, 0) is 19.4 Å². The minimum atomic E-state index is -3.08. The van der Waals surface area contributed by atoms with Crippen molar-refractivity contribution in [3.63, 3.8) is 0 Å². The number of sulfone groups is 1. The maximum atomic E-state index is 11.4. The second-order valence-corrected chi connectivity index (χ2v) is 7.76. The fraction of sp³-hybridized carbons (Fsp3) is 0.909. The van der Waals surface area contributed by atoms with Crippen molar-refractivity contribution in [3.05, 3.63) is 0 Å². The van der Waals surface area contributed by atoms with Crippen molar-refractivity contribution in [1.29, 1.82) is 0 Å². The Balaban J connectivity index is 3.91. The van der Waals surface area contributed by atoms with E-state index < -0.39 is 21.8 Å². The van der Waals surface area contributed by atoms with Gasteiger partial charge in [-0.25, -0.2) is 8.42 Å². The van der Waals surface area contributed by atoms with Crippen molar-refractivity contribution in [2.75, 3.05) is 18.6 Å². The molecule has 0 saturated heterocycles. The number of rotatable bonds is 6. The number of carbonyl (C=O) groups excluding carboxylic acids is 1. The Bertz CT molecular complexity index is 343. The third-order valence-corrected chi connectivity index (χ3v) is 3.18. The summed E-state index contributed by atoms with van der Waals surface area (Å²) in [6.45, 7) is 6.45. The molecule has 0 aromatic rings. The minimum absolute atomic E-state index is 0.0944. The van der Waals surface area contributed by atoms with Gasteiger partial charge in [-0.15, -0.1) is 0 Å². The Morgan fingerprint density at radius 2 is 1.88 bits per heavy atom. The van der Waals surface area contributed by atoms with Gasteiger partial charge in [-0.3, -0.25) is 4.79 Å². The second kappa shape index (κ2) is 6.35. The lowest BCUT2D eigenvalue weighted by Crippen LogP contribution is -2.34. The van der Waals surface area contributed by atoms with E-state index >= 15 is 0 Å². The first-order chi connectivity index (χ1) is 7.51. The van der Waals surface area contributed by atoms with Crippen LogP contribution in [0.5, 0.6) is 0 Å². The molecule has 2 N–H and O–H groups in total. The number of carbonyl (C=O) groups is 1. The Labute approximate surface area is 104 Å². The number of esters is 1. The predicted molar refractivity (Wildman–Crippen MR) is 67.3 cm³/mol. The molecule has 0 spiro atoms. The highest BCUT2D eigenvalue weighted by atomic mass is 32.2. The van der Waals surface area contributed by atoms with Crippen molar-refractivity contribution < 1.29 is 17.9 Å². The summed E-state index contributed by atoms with van der Waals surface area (Å²) in [6, 6.07) is -0.857. The van der Waals surface area contributed by atoms with Gasteiger partial charge in [0.15, 0.2) is 0 Å². The van der Waals surface area contributed by atoms with Crippen LogP contribution in [0.1, 0.15) is 33.6 Å². The summed E-state index contributed by atoms with van der Waals surface area (Å²) in [4.78, 5) is 11.4. The molecule has 1 atom stereocenters. The zero-order valence-electron chi connectivity index (χ0n) is 11.0. The molecule has 0 aromatic heterocycles. The zero-order valence-corrected chi connectivity index (χ0v) is 11.8. The largest absolute Gasteiger partial charge is 0.465 e. The molecule has 0 bridgehead atoms. The van der Waals surface area contributed by atoms with E-state index in [4.69, 9.17) is 10.5 Å². The van der Waals surface area contributed by atoms with Crippen LogP contribution in [0.4, 0.5) is 0 Å². The maximum absolute atomic E-state index is 11.4. The Morgan fingerprint density at radius 3 is 2.29 bits per heavy atom. The van der Waals surface area contributed by atoms with E-state index in [-0.39, 0.29) is 17.6 Å². The molecule has 0 aliphatic heterocycles. The molecule has 17 heavy (non-hydrogen) atoms. The first-order valence-electron chi connectivity index (χ1n) is 5.61. The fourth-order valence-corrected chi connectivity index (χ4v) is 1.71. The van der Waals surface area contributed by atoms with E-state index in [9.17, 15) is 13.2 Å².